The summed E-state index contributed by atoms with van der Waals surface area (Å²) in [6, 6.07) is 24.2. The van der Waals surface area contributed by atoms with E-state index in [4.69, 9.17) is 9.94 Å². The fourth-order valence-electron chi connectivity index (χ4n) is 3.74. The van der Waals surface area contributed by atoms with Crippen molar-refractivity contribution in [3.63, 3.8) is 0 Å². The molecule has 0 fully saturated rings. The van der Waals surface area contributed by atoms with E-state index >= 15 is 0 Å². The molecule has 3 N–H and O–H groups in total. The molecule has 0 radical (unpaired) electrons. The molecule has 184 valence electrons. The SMILES string of the molecule is CC(C)(C)c1ccc(COc2cccc3ccc(C(=O)NCc4ccc(C(=O)NO)cc4)nc23)cc1. The maximum atomic E-state index is 12.8. The topological polar surface area (TPSA) is 101 Å². The molecule has 0 saturated heterocycles. The first-order chi connectivity index (χ1) is 17.2. The van der Waals surface area contributed by atoms with Crippen LogP contribution < -0.4 is 15.5 Å². The molecule has 36 heavy (non-hydrogen) atoms. The molecule has 0 spiro atoms. The van der Waals surface area contributed by atoms with Crippen LogP contribution in [0.15, 0.2) is 78.9 Å². The minimum atomic E-state index is -0.592. The summed E-state index contributed by atoms with van der Waals surface area (Å²) in [5, 5.41) is 12.4. The van der Waals surface area contributed by atoms with Crippen LogP contribution in [0.3, 0.4) is 0 Å². The van der Waals surface area contributed by atoms with Crippen molar-refractivity contribution < 1.29 is 19.5 Å². The van der Waals surface area contributed by atoms with Crippen molar-refractivity contribution in [3.05, 3.63) is 107 Å². The third-order valence-electron chi connectivity index (χ3n) is 5.90. The van der Waals surface area contributed by atoms with Gasteiger partial charge < -0.3 is 10.1 Å². The molecule has 0 unspecified atom stereocenters. The van der Waals surface area contributed by atoms with E-state index in [2.05, 4.69) is 55.3 Å². The number of amides is 2. The summed E-state index contributed by atoms with van der Waals surface area (Å²) in [7, 11) is 0. The minimum Gasteiger partial charge on any atom is -0.487 e. The lowest BCUT2D eigenvalue weighted by molar-refractivity contribution is 0.0706. The smallest absolute Gasteiger partial charge is 0.274 e. The Hall–Kier alpha value is -4.23. The van der Waals surface area contributed by atoms with Gasteiger partial charge in [0.25, 0.3) is 11.8 Å². The number of hydroxylamine groups is 1. The van der Waals surface area contributed by atoms with E-state index in [0.717, 1.165) is 16.5 Å². The lowest BCUT2D eigenvalue weighted by Crippen LogP contribution is -2.24. The van der Waals surface area contributed by atoms with Crippen LogP contribution in [0.1, 0.15) is 58.3 Å². The Morgan fingerprint density at radius 2 is 1.56 bits per heavy atom. The number of para-hydroxylation sites is 1. The van der Waals surface area contributed by atoms with Gasteiger partial charge in [-0.15, -0.1) is 0 Å². The van der Waals surface area contributed by atoms with Gasteiger partial charge in [0, 0.05) is 17.5 Å². The number of rotatable bonds is 7. The van der Waals surface area contributed by atoms with E-state index in [9.17, 15) is 9.59 Å². The highest BCUT2D eigenvalue weighted by Gasteiger charge is 2.14. The fraction of sp³-hybridized carbons (Fsp3) is 0.207. The number of hydrogen-bond donors (Lipinski definition) is 3. The van der Waals surface area contributed by atoms with Crippen molar-refractivity contribution in [2.75, 3.05) is 0 Å². The zero-order chi connectivity index (χ0) is 25.7. The zero-order valence-electron chi connectivity index (χ0n) is 20.5. The van der Waals surface area contributed by atoms with Gasteiger partial charge in [-0.25, -0.2) is 10.5 Å². The number of nitrogens with one attached hydrogen (secondary N) is 2. The molecule has 0 saturated carbocycles. The lowest BCUT2D eigenvalue weighted by Gasteiger charge is -2.19. The Balaban J connectivity index is 1.44. The average molecular weight is 484 g/mol. The molecule has 1 heterocycles. The Morgan fingerprint density at radius 1 is 0.861 bits per heavy atom. The summed E-state index contributed by atoms with van der Waals surface area (Å²) in [4.78, 5) is 28.8. The van der Waals surface area contributed by atoms with Gasteiger partial charge in [-0.1, -0.05) is 75.4 Å². The van der Waals surface area contributed by atoms with Gasteiger partial charge in [-0.2, -0.15) is 0 Å². The summed E-state index contributed by atoms with van der Waals surface area (Å²) < 4.78 is 6.09. The van der Waals surface area contributed by atoms with E-state index in [-0.39, 0.29) is 23.6 Å². The van der Waals surface area contributed by atoms with Crippen molar-refractivity contribution in [2.24, 2.45) is 0 Å². The Kier molecular flexibility index (Phi) is 7.31. The molecule has 7 heteroatoms. The lowest BCUT2D eigenvalue weighted by atomic mass is 9.87. The van der Waals surface area contributed by atoms with Gasteiger partial charge in [-0.3, -0.25) is 14.8 Å². The van der Waals surface area contributed by atoms with Crippen LogP contribution in [0, 0.1) is 0 Å². The van der Waals surface area contributed by atoms with Crippen LogP contribution in [-0.2, 0) is 18.6 Å². The van der Waals surface area contributed by atoms with Crippen LogP contribution in [-0.4, -0.2) is 22.0 Å². The predicted octanol–water partition coefficient (Wildman–Crippen LogP) is 5.16. The van der Waals surface area contributed by atoms with Gasteiger partial charge in [0.05, 0.1) is 0 Å². The van der Waals surface area contributed by atoms with Crippen LogP contribution in [0.2, 0.25) is 0 Å². The minimum absolute atomic E-state index is 0.0931. The quantitative estimate of drug-likeness (QED) is 0.249. The first-order valence-corrected chi connectivity index (χ1v) is 11.7. The molecule has 4 rings (SSSR count). The first kappa shape index (κ1) is 24.9. The maximum Gasteiger partial charge on any atom is 0.274 e. The van der Waals surface area contributed by atoms with Gasteiger partial charge in [0.1, 0.15) is 23.6 Å². The monoisotopic (exact) mass is 483 g/mol. The highest BCUT2D eigenvalue weighted by molar-refractivity contribution is 5.96. The Labute approximate surface area is 210 Å². The molecular weight excluding hydrogens is 454 g/mol. The number of carbonyl (C=O) groups excluding carboxylic acids is 2. The number of ether oxygens (including phenoxy) is 1. The second-order valence-corrected chi connectivity index (χ2v) is 9.58. The third kappa shape index (κ3) is 5.87. The molecule has 0 atom stereocenters. The summed E-state index contributed by atoms with van der Waals surface area (Å²) >= 11 is 0. The van der Waals surface area contributed by atoms with Gasteiger partial charge in [0.2, 0.25) is 0 Å². The van der Waals surface area contributed by atoms with Gasteiger partial charge >= 0.3 is 0 Å². The van der Waals surface area contributed by atoms with E-state index in [1.54, 1.807) is 35.8 Å². The van der Waals surface area contributed by atoms with E-state index in [1.165, 1.54) is 5.56 Å². The van der Waals surface area contributed by atoms with E-state index in [1.807, 2.05) is 24.3 Å². The van der Waals surface area contributed by atoms with Crippen molar-refractivity contribution in [3.8, 4) is 5.75 Å². The second kappa shape index (κ2) is 10.6. The molecule has 0 aliphatic heterocycles. The first-order valence-electron chi connectivity index (χ1n) is 11.7. The molecule has 2 amide bonds. The fourth-order valence-corrected chi connectivity index (χ4v) is 3.74. The van der Waals surface area contributed by atoms with Gasteiger partial charge in [-0.05, 0) is 46.4 Å². The number of pyridine rings is 1. The maximum absolute atomic E-state index is 12.8. The number of benzene rings is 3. The molecule has 0 bridgehead atoms. The van der Waals surface area contributed by atoms with Crippen LogP contribution >= 0.6 is 0 Å². The van der Waals surface area contributed by atoms with E-state index in [0.29, 0.717) is 23.4 Å². The summed E-state index contributed by atoms with van der Waals surface area (Å²) in [6.07, 6.45) is 0. The number of fused-ring (bicyclic) bond motifs is 1. The predicted molar refractivity (Wildman–Crippen MR) is 138 cm³/mol. The summed E-state index contributed by atoms with van der Waals surface area (Å²) in [5.74, 6) is -0.299. The van der Waals surface area contributed by atoms with Crippen LogP contribution in [0.5, 0.6) is 5.75 Å². The van der Waals surface area contributed by atoms with E-state index < -0.39 is 5.91 Å². The highest BCUT2D eigenvalue weighted by Crippen LogP contribution is 2.26. The Morgan fingerprint density at radius 3 is 2.22 bits per heavy atom. The van der Waals surface area contributed by atoms with Crippen molar-refractivity contribution in [1.29, 1.82) is 0 Å². The molecule has 0 aliphatic carbocycles. The van der Waals surface area contributed by atoms with Crippen molar-refractivity contribution in [2.45, 2.75) is 39.3 Å². The molecular formula is C29H29N3O4. The molecule has 1 aromatic heterocycles. The third-order valence-corrected chi connectivity index (χ3v) is 5.90. The van der Waals surface area contributed by atoms with Crippen molar-refractivity contribution in [1.82, 2.24) is 15.8 Å². The second-order valence-electron chi connectivity index (χ2n) is 9.58. The standard InChI is InChI=1S/C29H29N3O4/c1-29(2,3)23-14-9-20(10-15-23)18-36-25-6-4-5-21-13-16-24(31-26(21)25)28(34)30-17-19-7-11-22(12-8-19)27(33)32-35/h4-16,35H,17-18H2,1-3H3,(H,30,34)(H,32,33). The Bertz CT molecular complexity index is 1370. The summed E-state index contributed by atoms with van der Waals surface area (Å²) in [5.41, 5.74) is 6.03. The molecule has 0 aliphatic rings. The van der Waals surface area contributed by atoms with Crippen LogP contribution in [0.25, 0.3) is 10.9 Å². The molecule has 4 aromatic rings. The van der Waals surface area contributed by atoms with Crippen molar-refractivity contribution >= 4 is 22.7 Å². The largest absolute Gasteiger partial charge is 0.487 e. The average Bonchev–Trinajstić information content (AvgIpc) is 2.89. The molecule has 3 aromatic carbocycles. The van der Waals surface area contributed by atoms with Crippen LogP contribution in [0.4, 0.5) is 0 Å². The zero-order valence-corrected chi connectivity index (χ0v) is 20.5. The molecule has 7 nitrogen and oxygen atoms in total. The number of nitrogens with zero attached hydrogens (tertiary/aromatic N) is 1. The number of aromatic nitrogens is 1. The van der Waals surface area contributed by atoms with Gasteiger partial charge in [0.15, 0.2) is 0 Å². The number of hydrogen-bond acceptors (Lipinski definition) is 5. The number of carbonyl (C=O) groups is 2. The summed E-state index contributed by atoms with van der Waals surface area (Å²) in [6.45, 7) is 7.21. The highest BCUT2D eigenvalue weighted by atomic mass is 16.5. The normalized spacial score (nSPS) is 11.2.